The lowest BCUT2D eigenvalue weighted by molar-refractivity contribution is 0.628. The molecule has 0 aliphatic heterocycles. The van der Waals surface area contributed by atoms with Crippen molar-refractivity contribution in [3.05, 3.63) is 43.3 Å². The number of halogens is 2. The van der Waals surface area contributed by atoms with Crippen LogP contribution in [-0.4, -0.2) is 9.55 Å². The predicted molar refractivity (Wildman–Crippen MR) is 62.2 cm³/mol. The van der Waals surface area contributed by atoms with Crippen LogP contribution in [-0.2, 0) is 6.54 Å². The van der Waals surface area contributed by atoms with E-state index in [2.05, 4.69) is 20.9 Å². The monoisotopic (exact) mass is 286 g/mol. The molecule has 1 N–H and O–H groups in total. The Morgan fingerprint density at radius 3 is 2.75 bits per heavy atom. The highest BCUT2D eigenvalue weighted by Gasteiger charge is 2.10. The van der Waals surface area contributed by atoms with Crippen LogP contribution in [0.15, 0.2) is 26.2 Å². The molecule has 2 aromatic rings. The molecule has 0 radical (unpaired) electrons. The summed E-state index contributed by atoms with van der Waals surface area (Å²) in [5, 5.41) is 0.160. The lowest BCUT2D eigenvalue weighted by atomic mass is 10.2. The summed E-state index contributed by atoms with van der Waals surface area (Å²) in [6.07, 6.45) is 0. The van der Waals surface area contributed by atoms with Gasteiger partial charge in [0, 0.05) is 11.0 Å². The van der Waals surface area contributed by atoms with E-state index in [0.29, 0.717) is 4.47 Å². The molecule has 1 heterocycles. The average Bonchev–Trinajstić information content (AvgIpc) is 2.21. The fraction of sp³-hybridized carbons (Fsp3) is 0.200. The molecule has 16 heavy (non-hydrogen) atoms. The van der Waals surface area contributed by atoms with E-state index in [1.165, 1.54) is 12.1 Å². The third-order valence-corrected chi connectivity index (χ3v) is 2.78. The first-order valence-electron chi connectivity index (χ1n) is 4.66. The number of fused-ring (bicyclic) bond motifs is 1. The Morgan fingerprint density at radius 2 is 2.12 bits per heavy atom. The average molecular weight is 287 g/mol. The normalized spacial score (nSPS) is 10.9. The summed E-state index contributed by atoms with van der Waals surface area (Å²) in [5.74, 6) is -0.623. The minimum atomic E-state index is -0.623. The summed E-state index contributed by atoms with van der Waals surface area (Å²) in [7, 11) is 0. The molecule has 6 heteroatoms. The van der Waals surface area contributed by atoms with Gasteiger partial charge in [0.2, 0.25) is 0 Å². The van der Waals surface area contributed by atoms with Gasteiger partial charge in [-0.1, -0.05) is 15.9 Å². The topological polar surface area (TPSA) is 54.9 Å². The first kappa shape index (κ1) is 11.1. The van der Waals surface area contributed by atoms with Crippen LogP contribution in [0.25, 0.3) is 10.9 Å². The number of H-pyrrole nitrogens is 1. The molecule has 0 atom stereocenters. The summed E-state index contributed by atoms with van der Waals surface area (Å²) in [4.78, 5) is 25.6. The van der Waals surface area contributed by atoms with E-state index in [1.807, 2.05) is 0 Å². The maximum atomic E-state index is 13.5. The van der Waals surface area contributed by atoms with Crippen molar-refractivity contribution in [2.24, 2.45) is 0 Å². The number of rotatable bonds is 1. The van der Waals surface area contributed by atoms with Gasteiger partial charge in [0.15, 0.2) is 0 Å². The molecule has 0 bridgehead atoms. The van der Waals surface area contributed by atoms with E-state index in [1.54, 1.807) is 6.92 Å². The Morgan fingerprint density at radius 1 is 1.44 bits per heavy atom. The number of hydrogen-bond acceptors (Lipinski definition) is 2. The molecule has 0 aliphatic rings. The molecule has 1 aromatic carbocycles. The number of hydrogen-bond donors (Lipinski definition) is 1. The third kappa shape index (κ3) is 1.59. The first-order chi connectivity index (χ1) is 7.54. The van der Waals surface area contributed by atoms with Crippen LogP contribution in [0.2, 0.25) is 0 Å². The van der Waals surface area contributed by atoms with Crippen LogP contribution in [0, 0.1) is 5.82 Å². The maximum Gasteiger partial charge on any atom is 0.328 e. The Kier molecular flexibility index (Phi) is 2.67. The van der Waals surface area contributed by atoms with E-state index >= 15 is 0 Å². The van der Waals surface area contributed by atoms with Gasteiger partial charge in [-0.05, 0) is 19.1 Å². The van der Waals surface area contributed by atoms with Gasteiger partial charge in [-0.2, -0.15) is 0 Å². The van der Waals surface area contributed by atoms with Gasteiger partial charge in [-0.3, -0.25) is 9.36 Å². The number of nitrogens with zero attached hydrogens (tertiary/aromatic N) is 1. The van der Waals surface area contributed by atoms with Crippen LogP contribution in [0.1, 0.15) is 6.92 Å². The van der Waals surface area contributed by atoms with E-state index in [9.17, 15) is 14.0 Å². The smallest absolute Gasteiger partial charge is 0.304 e. The minimum Gasteiger partial charge on any atom is -0.304 e. The van der Waals surface area contributed by atoms with Crippen molar-refractivity contribution in [1.82, 2.24) is 9.55 Å². The van der Waals surface area contributed by atoms with E-state index in [0.717, 1.165) is 4.57 Å². The highest BCUT2D eigenvalue weighted by atomic mass is 79.9. The molecule has 0 fully saturated rings. The fourth-order valence-electron chi connectivity index (χ4n) is 1.57. The van der Waals surface area contributed by atoms with Gasteiger partial charge in [0.1, 0.15) is 5.82 Å². The summed E-state index contributed by atoms with van der Waals surface area (Å²) in [6.45, 7) is 1.93. The maximum absolute atomic E-state index is 13.5. The van der Waals surface area contributed by atoms with Crippen molar-refractivity contribution in [1.29, 1.82) is 0 Å². The zero-order valence-corrected chi connectivity index (χ0v) is 9.97. The van der Waals surface area contributed by atoms with Crippen molar-refractivity contribution < 1.29 is 4.39 Å². The van der Waals surface area contributed by atoms with Gasteiger partial charge in [-0.15, -0.1) is 0 Å². The van der Waals surface area contributed by atoms with Gasteiger partial charge in [0.05, 0.1) is 10.9 Å². The molecule has 0 unspecified atom stereocenters. The number of aromatic nitrogens is 2. The van der Waals surface area contributed by atoms with Crippen LogP contribution >= 0.6 is 15.9 Å². The van der Waals surface area contributed by atoms with Crippen molar-refractivity contribution >= 4 is 26.8 Å². The minimum absolute atomic E-state index is 0.0529. The molecule has 0 saturated carbocycles. The third-order valence-electron chi connectivity index (χ3n) is 2.32. The molecule has 0 amide bonds. The lowest BCUT2D eigenvalue weighted by Crippen LogP contribution is -2.34. The highest BCUT2D eigenvalue weighted by molar-refractivity contribution is 9.10. The van der Waals surface area contributed by atoms with Crippen molar-refractivity contribution in [3.63, 3.8) is 0 Å². The second kappa shape index (κ2) is 3.86. The fourth-order valence-corrected chi connectivity index (χ4v) is 2.00. The van der Waals surface area contributed by atoms with Gasteiger partial charge in [-0.25, -0.2) is 9.18 Å². The molecule has 2 rings (SSSR count). The van der Waals surface area contributed by atoms with Crippen molar-refractivity contribution in [2.75, 3.05) is 0 Å². The summed E-state index contributed by atoms with van der Waals surface area (Å²) < 4.78 is 15.0. The number of benzene rings is 1. The SMILES string of the molecule is CCn1c(=O)[nH]c2c(F)cc(Br)cc2c1=O. The zero-order chi connectivity index (χ0) is 11.9. The highest BCUT2D eigenvalue weighted by Crippen LogP contribution is 2.18. The van der Waals surface area contributed by atoms with Gasteiger partial charge >= 0.3 is 5.69 Å². The molecule has 1 aromatic heterocycles. The molecular formula is C10H8BrFN2O2. The van der Waals surface area contributed by atoms with Crippen molar-refractivity contribution in [3.8, 4) is 0 Å². The molecule has 84 valence electrons. The molecule has 0 saturated heterocycles. The zero-order valence-electron chi connectivity index (χ0n) is 8.38. The van der Waals surface area contributed by atoms with Gasteiger partial charge < -0.3 is 4.98 Å². The first-order valence-corrected chi connectivity index (χ1v) is 5.45. The van der Waals surface area contributed by atoms with E-state index in [-0.39, 0.29) is 17.4 Å². The Bertz CT molecular complexity index is 675. The molecule has 0 spiro atoms. The lowest BCUT2D eigenvalue weighted by Gasteiger charge is -2.04. The summed E-state index contributed by atoms with van der Waals surface area (Å²) >= 11 is 3.10. The Labute approximate surface area is 97.8 Å². The second-order valence-electron chi connectivity index (χ2n) is 3.29. The van der Waals surface area contributed by atoms with Crippen LogP contribution < -0.4 is 11.2 Å². The number of nitrogens with one attached hydrogen (secondary N) is 1. The van der Waals surface area contributed by atoms with Crippen LogP contribution in [0.4, 0.5) is 4.39 Å². The molecular weight excluding hydrogens is 279 g/mol. The van der Waals surface area contributed by atoms with Crippen LogP contribution in [0.5, 0.6) is 0 Å². The second-order valence-corrected chi connectivity index (χ2v) is 4.21. The summed E-state index contributed by atoms with van der Waals surface area (Å²) in [6, 6.07) is 2.69. The van der Waals surface area contributed by atoms with Crippen LogP contribution in [0.3, 0.4) is 0 Å². The van der Waals surface area contributed by atoms with E-state index in [4.69, 9.17) is 0 Å². The predicted octanol–water partition coefficient (Wildman–Crippen LogP) is 1.61. The summed E-state index contributed by atoms with van der Waals surface area (Å²) in [5.41, 5.74) is -1.13. The Balaban J connectivity index is 3.05. The quantitative estimate of drug-likeness (QED) is 0.866. The Hall–Kier alpha value is -1.43. The molecule has 4 nitrogen and oxygen atoms in total. The van der Waals surface area contributed by atoms with Crippen molar-refractivity contribution in [2.45, 2.75) is 13.5 Å². The number of aromatic amines is 1. The largest absolute Gasteiger partial charge is 0.328 e. The van der Waals surface area contributed by atoms with Gasteiger partial charge in [0.25, 0.3) is 5.56 Å². The molecule has 0 aliphatic carbocycles. The standard InChI is InChI=1S/C10H8BrFN2O2/c1-2-14-9(15)6-3-5(11)4-7(12)8(6)13-10(14)16/h3-4H,2H2,1H3,(H,13,16). The van der Waals surface area contributed by atoms with E-state index < -0.39 is 17.1 Å².